The molecular formula is C10H10FN3. The van der Waals surface area contributed by atoms with Crippen molar-refractivity contribution in [1.82, 2.24) is 5.32 Å². The van der Waals surface area contributed by atoms with Gasteiger partial charge in [-0.2, -0.15) is 5.26 Å². The van der Waals surface area contributed by atoms with E-state index < -0.39 is 5.82 Å². The van der Waals surface area contributed by atoms with Gasteiger partial charge in [-0.3, -0.25) is 0 Å². The summed E-state index contributed by atoms with van der Waals surface area (Å²) in [6.07, 6.45) is 0.908. The Morgan fingerprint density at radius 3 is 2.79 bits per heavy atom. The highest BCUT2D eigenvalue weighted by Gasteiger charge is 2.23. The van der Waals surface area contributed by atoms with E-state index in [2.05, 4.69) is 5.32 Å². The maximum Gasteiger partial charge on any atom is 0.147 e. The van der Waals surface area contributed by atoms with Crippen LogP contribution in [0.5, 0.6) is 0 Å². The van der Waals surface area contributed by atoms with Crippen molar-refractivity contribution in [3.8, 4) is 6.07 Å². The first kappa shape index (κ1) is 8.97. The van der Waals surface area contributed by atoms with E-state index in [9.17, 15) is 4.39 Å². The fourth-order valence-electron chi connectivity index (χ4n) is 1.54. The fraction of sp³-hybridized carbons (Fsp3) is 0.300. The van der Waals surface area contributed by atoms with E-state index in [1.165, 1.54) is 0 Å². The van der Waals surface area contributed by atoms with Crippen LogP contribution >= 0.6 is 0 Å². The van der Waals surface area contributed by atoms with Crippen LogP contribution in [0.15, 0.2) is 12.1 Å². The van der Waals surface area contributed by atoms with Gasteiger partial charge >= 0.3 is 0 Å². The largest absolute Gasteiger partial charge is 0.398 e. The molecule has 1 unspecified atom stereocenters. The summed E-state index contributed by atoms with van der Waals surface area (Å²) in [5, 5.41) is 11.8. The maximum atomic E-state index is 13.7. The topological polar surface area (TPSA) is 61.8 Å². The number of nitriles is 1. The molecule has 0 aliphatic carbocycles. The van der Waals surface area contributed by atoms with Crippen LogP contribution in [0, 0.1) is 17.1 Å². The lowest BCUT2D eigenvalue weighted by molar-refractivity contribution is 0.370. The summed E-state index contributed by atoms with van der Waals surface area (Å²) in [5.41, 5.74) is 6.18. The number of nitrogens with zero attached hydrogens (tertiary/aromatic N) is 1. The molecule has 14 heavy (non-hydrogen) atoms. The third kappa shape index (κ3) is 1.22. The zero-order valence-corrected chi connectivity index (χ0v) is 7.55. The second-order valence-electron chi connectivity index (χ2n) is 3.34. The van der Waals surface area contributed by atoms with E-state index in [0.717, 1.165) is 13.0 Å². The van der Waals surface area contributed by atoms with E-state index in [0.29, 0.717) is 5.56 Å². The van der Waals surface area contributed by atoms with E-state index in [1.807, 2.05) is 0 Å². The number of hydrogen-bond donors (Lipinski definition) is 2. The summed E-state index contributed by atoms with van der Waals surface area (Å²) in [6.45, 7) is 0.899. The van der Waals surface area contributed by atoms with Crippen molar-refractivity contribution in [2.24, 2.45) is 0 Å². The molecule has 3 N–H and O–H groups in total. The van der Waals surface area contributed by atoms with E-state index in [4.69, 9.17) is 11.0 Å². The number of nitrogens with two attached hydrogens (primary N) is 1. The first-order valence-electron chi connectivity index (χ1n) is 4.45. The Hall–Kier alpha value is -1.60. The van der Waals surface area contributed by atoms with Crippen LogP contribution in [-0.2, 0) is 0 Å². The van der Waals surface area contributed by atoms with Gasteiger partial charge in [0.15, 0.2) is 0 Å². The molecule has 1 atom stereocenters. The second-order valence-corrected chi connectivity index (χ2v) is 3.34. The lowest BCUT2D eigenvalue weighted by Gasteiger charge is -2.28. The smallest absolute Gasteiger partial charge is 0.147 e. The maximum absolute atomic E-state index is 13.7. The summed E-state index contributed by atoms with van der Waals surface area (Å²) in [6, 6.07) is 5.04. The fourth-order valence-corrected chi connectivity index (χ4v) is 1.54. The second kappa shape index (κ2) is 3.28. The van der Waals surface area contributed by atoms with Crippen LogP contribution in [0.3, 0.4) is 0 Å². The molecule has 1 fully saturated rings. The molecule has 0 amide bonds. The summed E-state index contributed by atoms with van der Waals surface area (Å²) >= 11 is 0. The molecule has 72 valence electrons. The third-order valence-corrected chi connectivity index (χ3v) is 2.52. The van der Waals surface area contributed by atoms with Crippen LogP contribution in [0.25, 0.3) is 0 Å². The molecule has 1 saturated heterocycles. The Kier molecular flexibility index (Phi) is 2.10. The number of anilines is 1. The highest BCUT2D eigenvalue weighted by Crippen LogP contribution is 2.28. The Morgan fingerprint density at radius 2 is 2.29 bits per heavy atom. The van der Waals surface area contributed by atoms with Gasteiger partial charge in [0.2, 0.25) is 0 Å². The molecule has 1 aliphatic rings. The van der Waals surface area contributed by atoms with Crippen molar-refractivity contribution in [1.29, 1.82) is 5.26 Å². The monoisotopic (exact) mass is 191 g/mol. The van der Waals surface area contributed by atoms with Crippen LogP contribution in [-0.4, -0.2) is 6.54 Å². The number of nitrogen functional groups attached to an aromatic ring is 1. The molecule has 0 radical (unpaired) electrons. The molecule has 1 aromatic rings. The molecule has 0 bridgehead atoms. The minimum absolute atomic E-state index is 0.0442. The van der Waals surface area contributed by atoms with Crippen LogP contribution in [0.1, 0.15) is 23.6 Å². The summed E-state index contributed by atoms with van der Waals surface area (Å²) in [7, 11) is 0. The average molecular weight is 191 g/mol. The summed E-state index contributed by atoms with van der Waals surface area (Å²) in [5.74, 6) is -0.482. The molecule has 1 aliphatic heterocycles. The van der Waals surface area contributed by atoms with Crippen LogP contribution in [0.4, 0.5) is 10.1 Å². The Bertz CT molecular complexity index is 405. The van der Waals surface area contributed by atoms with E-state index in [-0.39, 0.29) is 17.3 Å². The lowest BCUT2D eigenvalue weighted by atomic mass is 9.95. The third-order valence-electron chi connectivity index (χ3n) is 2.52. The van der Waals surface area contributed by atoms with Gasteiger partial charge in [0, 0.05) is 11.6 Å². The minimum Gasteiger partial charge on any atom is -0.398 e. The molecule has 0 spiro atoms. The molecule has 1 heterocycles. The van der Waals surface area contributed by atoms with Crippen molar-refractivity contribution >= 4 is 5.69 Å². The number of nitrogens with one attached hydrogen (secondary N) is 1. The van der Waals surface area contributed by atoms with Crippen molar-refractivity contribution in [3.63, 3.8) is 0 Å². The zero-order valence-electron chi connectivity index (χ0n) is 7.55. The molecule has 0 saturated carbocycles. The van der Waals surface area contributed by atoms with Crippen molar-refractivity contribution in [3.05, 3.63) is 29.1 Å². The number of hydrogen-bond acceptors (Lipinski definition) is 3. The van der Waals surface area contributed by atoms with Gasteiger partial charge in [0.1, 0.15) is 17.4 Å². The standard InChI is InChI=1S/C10H10FN3/c11-10-6(9-3-4-14-9)1-2-8(13)7(10)5-12/h1-2,9,14H,3-4,13H2. The zero-order chi connectivity index (χ0) is 10.1. The predicted molar refractivity (Wildman–Crippen MR) is 50.9 cm³/mol. The SMILES string of the molecule is N#Cc1c(N)ccc(C2CCN2)c1F. The molecule has 0 aromatic heterocycles. The minimum atomic E-state index is -0.482. The number of rotatable bonds is 1. The molecular weight excluding hydrogens is 181 g/mol. The highest BCUT2D eigenvalue weighted by atomic mass is 19.1. The Labute approximate surface area is 81.3 Å². The van der Waals surface area contributed by atoms with Gasteiger partial charge in [-0.1, -0.05) is 6.07 Å². The van der Waals surface area contributed by atoms with Crippen LogP contribution in [0.2, 0.25) is 0 Å². The van der Waals surface area contributed by atoms with Gasteiger partial charge in [0.05, 0.1) is 5.69 Å². The predicted octanol–water partition coefficient (Wildman–Crippen LogP) is 1.31. The van der Waals surface area contributed by atoms with E-state index in [1.54, 1.807) is 18.2 Å². The summed E-state index contributed by atoms with van der Waals surface area (Å²) < 4.78 is 13.7. The highest BCUT2D eigenvalue weighted by molar-refractivity contribution is 5.56. The van der Waals surface area contributed by atoms with Gasteiger partial charge in [0.25, 0.3) is 0 Å². The number of halogens is 1. The first-order chi connectivity index (χ1) is 6.74. The number of benzene rings is 1. The van der Waals surface area contributed by atoms with Crippen LogP contribution < -0.4 is 11.1 Å². The van der Waals surface area contributed by atoms with Crippen molar-refractivity contribution in [2.75, 3.05) is 12.3 Å². The first-order valence-corrected chi connectivity index (χ1v) is 4.45. The normalized spacial score (nSPS) is 19.9. The van der Waals surface area contributed by atoms with Gasteiger partial charge < -0.3 is 11.1 Å². The Balaban J connectivity index is 2.47. The molecule has 3 nitrogen and oxygen atoms in total. The lowest BCUT2D eigenvalue weighted by Crippen LogP contribution is -2.35. The molecule has 4 heteroatoms. The average Bonchev–Trinajstić information content (AvgIpc) is 2.08. The van der Waals surface area contributed by atoms with Crippen molar-refractivity contribution < 1.29 is 4.39 Å². The molecule has 1 aromatic carbocycles. The van der Waals surface area contributed by atoms with Gasteiger partial charge in [-0.05, 0) is 19.0 Å². The van der Waals surface area contributed by atoms with E-state index >= 15 is 0 Å². The summed E-state index contributed by atoms with van der Waals surface area (Å²) in [4.78, 5) is 0. The quantitative estimate of drug-likeness (QED) is 0.658. The Morgan fingerprint density at radius 1 is 1.57 bits per heavy atom. The van der Waals surface area contributed by atoms with Crippen molar-refractivity contribution in [2.45, 2.75) is 12.5 Å². The van der Waals surface area contributed by atoms with Gasteiger partial charge in [-0.25, -0.2) is 4.39 Å². The molecule has 2 rings (SSSR count). The van der Waals surface area contributed by atoms with Gasteiger partial charge in [-0.15, -0.1) is 0 Å².